The van der Waals surface area contributed by atoms with E-state index in [-0.39, 0.29) is 0 Å². The van der Waals surface area contributed by atoms with Gasteiger partial charge in [0.25, 0.3) is 0 Å². The fourth-order valence-electron chi connectivity index (χ4n) is 3.82. The van der Waals surface area contributed by atoms with Gasteiger partial charge in [-0.1, -0.05) is 6.58 Å². The first-order chi connectivity index (χ1) is 16.6. The summed E-state index contributed by atoms with van der Waals surface area (Å²) >= 11 is 0. The Morgan fingerprint density at radius 2 is 1.97 bits per heavy atom. The monoisotopic (exact) mass is 453 g/mol. The lowest BCUT2D eigenvalue weighted by Crippen LogP contribution is -2.36. The van der Waals surface area contributed by atoms with Crippen LogP contribution in [0.15, 0.2) is 72.5 Å². The summed E-state index contributed by atoms with van der Waals surface area (Å²) in [5, 5.41) is 12.8. The van der Waals surface area contributed by atoms with Crippen LogP contribution in [-0.4, -0.2) is 61.1 Å². The number of ether oxygens (including phenoxy) is 1. The second kappa shape index (κ2) is 10.6. The van der Waals surface area contributed by atoms with Crippen molar-refractivity contribution in [2.45, 2.75) is 0 Å². The standard InChI is InChI=1S/C26H27N7O/c1-4-32(3)25(28-2)20-5-7-22(8-6-20)30-26-29-10-9-24(31-26)21-15-19(18-27)16-23(17-21)33-11-13-34-14-12-33/h4-10,15-17H,1,11-14H2,2-3H3,(H,29,30,31). The summed E-state index contributed by atoms with van der Waals surface area (Å²) in [5.74, 6) is 1.31. The summed E-state index contributed by atoms with van der Waals surface area (Å²) in [4.78, 5) is 17.5. The van der Waals surface area contributed by atoms with Crippen LogP contribution in [0.2, 0.25) is 0 Å². The van der Waals surface area contributed by atoms with Gasteiger partial charge in [-0.15, -0.1) is 0 Å². The first kappa shape index (κ1) is 23.0. The van der Waals surface area contributed by atoms with Crippen molar-refractivity contribution in [1.29, 1.82) is 5.26 Å². The highest BCUT2D eigenvalue weighted by Crippen LogP contribution is 2.27. The fourth-order valence-corrected chi connectivity index (χ4v) is 3.82. The number of morpholine rings is 1. The zero-order valence-corrected chi connectivity index (χ0v) is 19.4. The molecule has 1 N–H and O–H groups in total. The summed E-state index contributed by atoms with van der Waals surface area (Å²) in [6.07, 6.45) is 3.44. The highest BCUT2D eigenvalue weighted by atomic mass is 16.5. The SMILES string of the molecule is C=CN(C)C(=NC)c1ccc(Nc2nccc(-c3cc(C#N)cc(N4CCOCC4)c3)n2)cc1. The summed E-state index contributed by atoms with van der Waals surface area (Å²) in [5.41, 5.74) is 5.05. The van der Waals surface area contributed by atoms with E-state index in [0.717, 1.165) is 47.1 Å². The third-order valence-electron chi connectivity index (χ3n) is 5.59. The van der Waals surface area contributed by atoms with Crippen LogP contribution >= 0.6 is 0 Å². The quantitative estimate of drug-likeness (QED) is 0.445. The second-order valence-corrected chi connectivity index (χ2v) is 7.79. The third-order valence-corrected chi connectivity index (χ3v) is 5.59. The maximum atomic E-state index is 9.56. The predicted octanol–water partition coefficient (Wildman–Crippen LogP) is 4.05. The number of hydrogen-bond donors (Lipinski definition) is 1. The van der Waals surface area contributed by atoms with E-state index in [1.807, 2.05) is 54.4 Å². The lowest BCUT2D eigenvalue weighted by molar-refractivity contribution is 0.122. The molecular weight excluding hydrogens is 426 g/mol. The Balaban J connectivity index is 1.57. The lowest BCUT2D eigenvalue weighted by atomic mass is 10.1. The van der Waals surface area contributed by atoms with Gasteiger partial charge in [0.1, 0.15) is 5.84 Å². The van der Waals surface area contributed by atoms with E-state index in [1.165, 1.54) is 0 Å². The molecule has 0 spiro atoms. The van der Waals surface area contributed by atoms with Crippen molar-refractivity contribution in [3.8, 4) is 17.3 Å². The Bertz CT molecular complexity index is 1220. The van der Waals surface area contributed by atoms with Gasteiger partial charge in [0, 0.05) is 55.9 Å². The van der Waals surface area contributed by atoms with Gasteiger partial charge in [-0.05, 0) is 54.7 Å². The van der Waals surface area contributed by atoms with Gasteiger partial charge in [0.2, 0.25) is 5.95 Å². The zero-order valence-electron chi connectivity index (χ0n) is 19.4. The number of aromatic nitrogens is 2. The third kappa shape index (κ3) is 5.22. The molecule has 0 saturated carbocycles. The molecule has 0 aliphatic carbocycles. The smallest absolute Gasteiger partial charge is 0.227 e. The predicted molar refractivity (Wildman–Crippen MR) is 135 cm³/mol. The normalized spacial score (nSPS) is 13.8. The minimum atomic E-state index is 0.480. The maximum absolute atomic E-state index is 9.56. The van der Waals surface area contributed by atoms with Crippen molar-refractivity contribution in [2.75, 3.05) is 50.6 Å². The molecule has 2 aromatic carbocycles. The van der Waals surface area contributed by atoms with E-state index >= 15 is 0 Å². The van der Waals surface area contributed by atoms with Crippen LogP contribution in [-0.2, 0) is 4.74 Å². The van der Waals surface area contributed by atoms with Gasteiger partial charge >= 0.3 is 0 Å². The summed E-state index contributed by atoms with van der Waals surface area (Å²) < 4.78 is 5.46. The van der Waals surface area contributed by atoms with Gasteiger partial charge < -0.3 is 19.9 Å². The van der Waals surface area contributed by atoms with Crippen molar-refractivity contribution in [3.05, 3.63) is 78.6 Å². The molecule has 2 heterocycles. The number of amidine groups is 1. The molecular formula is C26H27N7O. The Labute approximate surface area is 199 Å². The highest BCUT2D eigenvalue weighted by Gasteiger charge is 2.14. The first-order valence-electron chi connectivity index (χ1n) is 11.0. The molecule has 0 bridgehead atoms. The van der Waals surface area contributed by atoms with Gasteiger partial charge in [0.15, 0.2) is 0 Å². The average molecular weight is 454 g/mol. The number of nitriles is 1. The molecule has 1 aliphatic heterocycles. The molecule has 8 heteroatoms. The highest BCUT2D eigenvalue weighted by molar-refractivity contribution is 5.99. The molecule has 1 saturated heterocycles. The Hall–Kier alpha value is -4.22. The number of anilines is 3. The van der Waals surface area contributed by atoms with Crippen molar-refractivity contribution < 1.29 is 4.74 Å². The molecule has 8 nitrogen and oxygen atoms in total. The number of benzene rings is 2. The molecule has 0 radical (unpaired) electrons. The van der Waals surface area contributed by atoms with Crippen molar-refractivity contribution >= 4 is 23.2 Å². The Kier molecular flexibility index (Phi) is 7.16. The minimum Gasteiger partial charge on any atom is -0.378 e. The van der Waals surface area contributed by atoms with E-state index in [2.05, 4.69) is 38.9 Å². The Morgan fingerprint density at radius 3 is 2.65 bits per heavy atom. The summed E-state index contributed by atoms with van der Waals surface area (Å²) in [6.45, 7) is 6.76. The topological polar surface area (TPSA) is 89.7 Å². The summed E-state index contributed by atoms with van der Waals surface area (Å²) in [6, 6.07) is 17.8. The second-order valence-electron chi connectivity index (χ2n) is 7.79. The molecule has 0 amide bonds. The number of aliphatic imine (C=N–C) groups is 1. The van der Waals surface area contributed by atoms with E-state index < -0.39 is 0 Å². The molecule has 0 atom stereocenters. The van der Waals surface area contributed by atoms with Crippen molar-refractivity contribution in [3.63, 3.8) is 0 Å². The molecule has 34 heavy (non-hydrogen) atoms. The molecule has 1 fully saturated rings. The van der Waals surface area contributed by atoms with Gasteiger partial charge in [-0.3, -0.25) is 4.99 Å². The number of hydrogen-bond acceptors (Lipinski definition) is 7. The fraction of sp³-hybridized carbons (Fsp3) is 0.231. The van der Waals surface area contributed by atoms with Crippen LogP contribution in [0.3, 0.4) is 0 Å². The van der Waals surface area contributed by atoms with E-state index in [9.17, 15) is 5.26 Å². The van der Waals surface area contributed by atoms with Gasteiger partial charge in [-0.2, -0.15) is 5.26 Å². The average Bonchev–Trinajstić information content (AvgIpc) is 2.90. The largest absolute Gasteiger partial charge is 0.378 e. The van der Waals surface area contributed by atoms with Crippen LogP contribution in [0.4, 0.5) is 17.3 Å². The van der Waals surface area contributed by atoms with Gasteiger partial charge in [-0.25, -0.2) is 9.97 Å². The molecule has 1 aliphatic rings. The van der Waals surface area contributed by atoms with E-state index in [0.29, 0.717) is 24.7 Å². The molecule has 3 aromatic rings. The lowest BCUT2D eigenvalue weighted by Gasteiger charge is -2.29. The first-order valence-corrected chi connectivity index (χ1v) is 11.0. The summed E-state index contributed by atoms with van der Waals surface area (Å²) in [7, 11) is 3.67. The minimum absolute atomic E-state index is 0.480. The molecule has 0 unspecified atom stereocenters. The zero-order chi connectivity index (χ0) is 23.9. The van der Waals surface area contributed by atoms with E-state index in [1.54, 1.807) is 19.4 Å². The van der Waals surface area contributed by atoms with Crippen LogP contribution in [0, 0.1) is 11.3 Å². The van der Waals surface area contributed by atoms with Crippen LogP contribution in [0.1, 0.15) is 11.1 Å². The van der Waals surface area contributed by atoms with Gasteiger partial charge in [0.05, 0.1) is 30.5 Å². The van der Waals surface area contributed by atoms with Crippen molar-refractivity contribution in [1.82, 2.24) is 14.9 Å². The van der Waals surface area contributed by atoms with Crippen LogP contribution in [0.25, 0.3) is 11.3 Å². The number of nitrogens with one attached hydrogen (secondary N) is 1. The van der Waals surface area contributed by atoms with Crippen LogP contribution < -0.4 is 10.2 Å². The Morgan fingerprint density at radius 1 is 1.21 bits per heavy atom. The number of rotatable bonds is 6. The number of nitrogens with zero attached hydrogens (tertiary/aromatic N) is 6. The maximum Gasteiger partial charge on any atom is 0.227 e. The van der Waals surface area contributed by atoms with E-state index in [4.69, 9.17) is 9.72 Å². The molecule has 172 valence electrons. The van der Waals surface area contributed by atoms with Crippen LogP contribution in [0.5, 0.6) is 0 Å². The molecule has 1 aromatic heterocycles. The molecule has 4 rings (SSSR count). The van der Waals surface area contributed by atoms with Crippen molar-refractivity contribution in [2.24, 2.45) is 4.99 Å².